The van der Waals surface area contributed by atoms with Crippen LogP contribution in [0.25, 0.3) is 11.0 Å². The van der Waals surface area contributed by atoms with E-state index in [0.29, 0.717) is 11.0 Å². The Hall–Kier alpha value is -1.57. The monoisotopic (exact) mass is 230 g/mol. The summed E-state index contributed by atoms with van der Waals surface area (Å²) in [7, 11) is 0. The van der Waals surface area contributed by atoms with Crippen LogP contribution in [0.1, 0.15) is 38.0 Å². The summed E-state index contributed by atoms with van der Waals surface area (Å²) in [5, 5.41) is 0.699. The lowest BCUT2D eigenvalue weighted by atomic mass is 10.0. The van der Waals surface area contributed by atoms with Crippen molar-refractivity contribution in [2.75, 3.05) is 0 Å². The molecule has 1 heterocycles. The van der Waals surface area contributed by atoms with Gasteiger partial charge in [0.1, 0.15) is 11.3 Å². The third-order valence-corrected chi connectivity index (χ3v) is 3.09. The van der Waals surface area contributed by atoms with E-state index in [1.54, 1.807) is 0 Å². The minimum Gasteiger partial charge on any atom is -0.461 e. The summed E-state index contributed by atoms with van der Waals surface area (Å²) in [5.74, 6) is 0.873. The molecule has 0 unspecified atom stereocenters. The highest BCUT2D eigenvalue weighted by molar-refractivity contribution is 5.77. The molecule has 2 rings (SSSR count). The first kappa shape index (κ1) is 11.9. The van der Waals surface area contributed by atoms with E-state index in [-0.39, 0.29) is 5.43 Å². The SMILES string of the molecule is CCCCc1oc2ccccc2c(=O)c1CC. The Balaban J connectivity index is 2.62. The van der Waals surface area contributed by atoms with E-state index in [1.807, 2.05) is 31.2 Å². The Kier molecular flexibility index (Phi) is 3.62. The molecule has 0 spiro atoms. The number of benzene rings is 1. The zero-order valence-electron chi connectivity index (χ0n) is 10.5. The molecule has 0 N–H and O–H groups in total. The molecule has 90 valence electrons. The molecular formula is C15H18O2. The van der Waals surface area contributed by atoms with Crippen molar-refractivity contribution < 1.29 is 4.42 Å². The summed E-state index contributed by atoms with van der Waals surface area (Å²) in [6.07, 6.45) is 3.78. The quantitative estimate of drug-likeness (QED) is 0.801. The Morgan fingerprint density at radius 1 is 1.18 bits per heavy atom. The van der Waals surface area contributed by atoms with Crippen LogP contribution < -0.4 is 5.43 Å². The van der Waals surface area contributed by atoms with Crippen molar-refractivity contribution in [3.63, 3.8) is 0 Å². The molecule has 0 aliphatic rings. The van der Waals surface area contributed by atoms with E-state index < -0.39 is 0 Å². The van der Waals surface area contributed by atoms with Crippen molar-refractivity contribution in [2.45, 2.75) is 39.5 Å². The van der Waals surface area contributed by atoms with Gasteiger partial charge in [-0.2, -0.15) is 0 Å². The first-order chi connectivity index (χ1) is 8.27. The van der Waals surface area contributed by atoms with Gasteiger partial charge in [-0.25, -0.2) is 0 Å². The highest BCUT2D eigenvalue weighted by Crippen LogP contribution is 2.17. The first-order valence-electron chi connectivity index (χ1n) is 6.31. The van der Waals surface area contributed by atoms with Gasteiger partial charge in [-0.1, -0.05) is 32.4 Å². The summed E-state index contributed by atoms with van der Waals surface area (Å²) in [4.78, 5) is 12.3. The van der Waals surface area contributed by atoms with E-state index >= 15 is 0 Å². The van der Waals surface area contributed by atoms with Gasteiger partial charge in [-0.05, 0) is 25.0 Å². The van der Waals surface area contributed by atoms with Crippen LogP contribution in [-0.2, 0) is 12.8 Å². The number of fused-ring (bicyclic) bond motifs is 1. The van der Waals surface area contributed by atoms with Crippen LogP contribution in [0.15, 0.2) is 33.5 Å². The van der Waals surface area contributed by atoms with Gasteiger partial charge in [-0.15, -0.1) is 0 Å². The average Bonchev–Trinajstić information content (AvgIpc) is 2.36. The zero-order chi connectivity index (χ0) is 12.3. The predicted molar refractivity (Wildman–Crippen MR) is 70.5 cm³/mol. The van der Waals surface area contributed by atoms with Crippen LogP contribution in [0.2, 0.25) is 0 Å². The lowest BCUT2D eigenvalue weighted by Gasteiger charge is -2.07. The Morgan fingerprint density at radius 2 is 1.94 bits per heavy atom. The van der Waals surface area contributed by atoms with Crippen molar-refractivity contribution in [1.82, 2.24) is 0 Å². The van der Waals surface area contributed by atoms with Crippen LogP contribution in [0.3, 0.4) is 0 Å². The normalized spacial score (nSPS) is 10.9. The summed E-state index contributed by atoms with van der Waals surface area (Å²) < 4.78 is 5.87. The molecule has 17 heavy (non-hydrogen) atoms. The van der Waals surface area contributed by atoms with Crippen LogP contribution in [-0.4, -0.2) is 0 Å². The van der Waals surface area contributed by atoms with Crippen molar-refractivity contribution in [1.29, 1.82) is 0 Å². The molecule has 0 radical (unpaired) electrons. The maximum absolute atomic E-state index is 12.3. The van der Waals surface area contributed by atoms with Gasteiger partial charge >= 0.3 is 0 Å². The largest absolute Gasteiger partial charge is 0.461 e. The number of hydrogen-bond donors (Lipinski definition) is 0. The summed E-state index contributed by atoms with van der Waals surface area (Å²) in [6.45, 7) is 4.15. The summed E-state index contributed by atoms with van der Waals surface area (Å²) in [5.41, 5.74) is 1.69. The molecule has 0 aliphatic carbocycles. The third-order valence-electron chi connectivity index (χ3n) is 3.09. The minimum absolute atomic E-state index is 0.139. The van der Waals surface area contributed by atoms with Crippen molar-refractivity contribution in [3.05, 3.63) is 45.8 Å². The fourth-order valence-corrected chi connectivity index (χ4v) is 2.12. The molecular weight excluding hydrogens is 212 g/mol. The number of aryl methyl sites for hydroxylation is 1. The Bertz CT molecular complexity index is 567. The average molecular weight is 230 g/mol. The first-order valence-corrected chi connectivity index (χ1v) is 6.31. The molecule has 0 amide bonds. The van der Waals surface area contributed by atoms with Crippen LogP contribution in [0.4, 0.5) is 0 Å². The maximum Gasteiger partial charge on any atom is 0.196 e. The van der Waals surface area contributed by atoms with Gasteiger partial charge in [0, 0.05) is 12.0 Å². The number of hydrogen-bond acceptors (Lipinski definition) is 2. The van der Waals surface area contributed by atoms with Crippen LogP contribution in [0, 0.1) is 0 Å². The summed E-state index contributed by atoms with van der Waals surface area (Å²) in [6, 6.07) is 7.49. The number of unbranched alkanes of at least 4 members (excludes halogenated alkanes) is 1. The molecule has 1 aromatic heterocycles. The van der Waals surface area contributed by atoms with Gasteiger partial charge in [-0.3, -0.25) is 4.79 Å². The van der Waals surface area contributed by atoms with Gasteiger partial charge < -0.3 is 4.42 Å². The second-order valence-corrected chi connectivity index (χ2v) is 4.29. The molecule has 0 saturated heterocycles. The third kappa shape index (κ3) is 2.26. The molecule has 2 heteroatoms. The second kappa shape index (κ2) is 5.17. The molecule has 0 aliphatic heterocycles. The topological polar surface area (TPSA) is 30.2 Å². The molecule has 0 atom stereocenters. The van der Waals surface area contributed by atoms with Crippen molar-refractivity contribution in [2.24, 2.45) is 0 Å². The predicted octanol–water partition coefficient (Wildman–Crippen LogP) is 3.70. The molecule has 0 bridgehead atoms. The lowest BCUT2D eigenvalue weighted by molar-refractivity contribution is 0.515. The number of para-hydroxylation sites is 1. The van der Waals surface area contributed by atoms with Gasteiger partial charge in [0.15, 0.2) is 5.43 Å². The maximum atomic E-state index is 12.3. The fraction of sp³-hybridized carbons (Fsp3) is 0.400. The van der Waals surface area contributed by atoms with E-state index in [1.165, 1.54) is 0 Å². The van der Waals surface area contributed by atoms with E-state index in [0.717, 1.165) is 37.0 Å². The van der Waals surface area contributed by atoms with Crippen molar-refractivity contribution >= 4 is 11.0 Å². The highest BCUT2D eigenvalue weighted by atomic mass is 16.3. The van der Waals surface area contributed by atoms with Crippen LogP contribution >= 0.6 is 0 Å². The Labute approximate surface area is 101 Å². The smallest absolute Gasteiger partial charge is 0.196 e. The fourth-order valence-electron chi connectivity index (χ4n) is 2.12. The lowest BCUT2D eigenvalue weighted by Crippen LogP contribution is -2.12. The van der Waals surface area contributed by atoms with Crippen molar-refractivity contribution in [3.8, 4) is 0 Å². The molecule has 1 aromatic carbocycles. The number of rotatable bonds is 4. The standard InChI is InChI=1S/C15H18O2/c1-3-5-9-13-11(4-2)15(16)12-8-6-7-10-14(12)17-13/h6-8,10H,3-5,9H2,1-2H3. The molecule has 2 nitrogen and oxygen atoms in total. The van der Waals surface area contributed by atoms with E-state index in [9.17, 15) is 4.79 Å². The van der Waals surface area contributed by atoms with Gasteiger partial charge in [0.2, 0.25) is 0 Å². The minimum atomic E-state index is 0.139. The summed E-state index contributed by atoms with van der Waals surface area (Å²) >= 11 is 0. The Morgan fingerprint density at radius 3 is 2.65 bits per heavy atom. The van der Waals surface area contributed by atoms with Gasteiger partial charge in [0.25, 0.3) is 0 Å². The zero-order valence-corrected chi connectivity index (χ0v) is 10.5. The molecule has 0 saturated carbocycles. The second-order valence-electron chi connectivity index (χ2n) is 4.29. The highest BCUT2D eigenvalue weighted by Gasteiger charge is 2.11. The van der Waals surface area contributed by atoms with Gasteiger partial charge in [0.05, 0.1) is 5.39 Å². The van der Waals surface area contributed by atoms with E-state index in [2.05, 4.69) is 6.92 Å². The molecule has 2 aromatic rings. The van der Waals surface area contributed by atoms with Crippen LogP contribution in [0.5, 0.6) is 0 Å². The molecule has 0 fully saturated rings. The van der Waals surface area contributed by atoms with E-state index in [4.69, 9.17) is 4.42 Å².